The van der Waals surface area contributed by atoms with Crippen LogP contribution in [-0.4, -0.2) is 49.6 Å². The van der Waals surface area contributed by atoms with E-state index in [4.69, 9.17) is 4.74 Å². The van der Waals surface area contributed by atoms with E-state index in [1.54, 1.807) is 7.05 Å². The molecule has 0 spiro atoms. The van der Waals surface area contributed by atoms with E-state index in [9.17, 15) is 4.79 Å². The number of aliphatic imine (C=N–C) groups is 1. The van der Waals surface area contributed by atoms with Gasteiger partial charge in [0.1, 0.15) is 11.9 Å². The fourth-order valence-corrected chi connectivity index (χ4v) is 3.23. The minimum atomic E-state index is -0.0488. The monoisotopic (exact) mass is 380 g/mol. The average molecular weight is 380 g/mol. The van der Waals surface area contributed by atoms with Gasteiger partial charge in [-0.3, -0.25) is 9.79 Å². The Hall–Kier alpha value is -3.02. The molecule has 1 heterocycles. The summed E-state index contributed by atoms with van der Waals surface area (Å²) in [7, 11) is 1.75. The number of hydrogen-bond acceptors (Lipinski definition) is 3. The van der Waals surface area contributed by atoms with Crippen LogP contribution < -0.4 is 15.4 Å². The van der Waals surface area contributed by atoms with Gasteiger partial charge in [0.2, 0.25) is 5.91 Å². The largest absolute Gasteiger partial charge is 0.490 e. The number of nitrogens with zero attached hydrogens (tertiary/aromatic N) is 2. The van der Waals surface area contributed by atoms with Crippen molar-refractivity contribution in [3.8, 4) is 5.75 Å². The smallest absolute Gasteiger partial charge is 0.239 e. The standard InChI is InChI=1S/C22H28N4O2/c1-23-22(25-17-21(27)24-16-18-8-4-2-5-9-18)26-14-12-20(13-15-26)28-19-10-6-3-7-11-19/h2-11,20H,12-17H2,1H3,(H,23,25)(H,24,27). The normalized spacial score (nSPS) is 15.2. The lowest BCUT2D eigenvalue weighted by Gasteiger charge is -2.34. The number of rotatable bonds is 6. The van der Waals surface area contributed by atoms with Crippen molar-refractivity contribution in [2.45, 2.75) is 25.5 Å². The van der Waals surface area contributed by atoms with Gasteiger partial charge in [-0.05, 0) is 17.7 Å². The van der Waals surface area contributed by atoms with Gasteiger partial charge in [-0.25, -0.2) is 0 Å². The Morgan fingerprint density at radius 1 is 1.04 bits per heavy atom. The van der Waals surface area contributed by atoms with Crippen LogP contribution in [0.2, 0.25) is 0 Å². The average Bonchev–Trinajstić information content (AvgIpc) is 2.75. The van der Waals surface area contributed by atoms with Crippen molar-refractivity contribution in [3.63, 3.8) is 0 Å². The van der Waals surface area contributed by atoms with E-state index < -0.39 is 0 Å². The minimum Gasteiger partial charge on any atom is -0.490 e. The van der Waals surface area contributed by atoms with E-state index in [1.807, 2.05) is 60.7 Å². The van der Waals surface area contributed by atoms with Crippen LogP contribution in [0, 0.1) is 0 Å². The number of amides is 1. The highest BCUT2D eigenvalue weighted by Crippen LogP contribution is 2.18. The van der Waals surface area contributed by atoms with E-state index in [0.29, 0.717) is 6.54 Å². The van der Waals surface area contributed by atoms with Crippen LogP contribution in [0.15, 0.2) is 65.7 Å². The summed E-state index contributed by atoms with van der Waals surface area (Å²) < 4.78 is 6.04. The lowest BCUT2D eigenvalue weighted by molar-refractivity contribution is -0.120. The number of piperidine rings is 1. The van der Waals surface area contributed by atoms with Gasteiger partial charge in [0.25, 0.3) is 0 Å². The second-order valence-electron chi connectivity index (χ2n) is 6.78. The van der Waals surface area contributed by atoms with Crippen LogP contribution in [0.1, 0.15) is 18.4 Å². The lowest BCUT2D eigenvalue weighted by atomic mass is 10.1. The third-order valence-corrected chi connectivity index (χ3v) is 4.74. The van der Waals surface area contributed by atoms with Gasteiger partial charge in [-0.15, -0.1) is 0 Å². The summed E-state index contributed by atoms with van der Waals surface area (Å²) in [6.45, 7) is 2.44. The van der Waals surface area contributed by atoms with Crippen molar-refractivity contribution in [2.24, 2.45) is 4.99 Å². The van der Waals surface area contributed by atoms with Gasteiger partial charge in [0.05, 0.1) is 6.54 Å². The first kappa shape index (κ1) is 19.7. The van der Waals surface area contributed by atoms with Crippen LogP contribution in [0.3, 0.4) is 0 Å². The maximum absolute atomic E-state index is 12.1. The molecule has 2 N–H and O–H groups in total. The van der Waals surface area contributed by atoms with Gasteiger partial charge in [0.15, 0.2) is 5.96 Å². The Morgan fingerprint density at radius 2 is 1.68 bits per heavy atom. The molecule has 0 aromatic heterocycles. The molecule has 0 saturated carbocycles. The molecule has 0 atom stereocenters. The highest BCUT2D eigenvalue weighted by atomic mass is 16.5. The number of nitrogens with one attached hydrogen (secondary N) is 2. The quantitative estimate of drug-likeness (QED) is 0.597. The first-order valence-corrected chi connectivity index (χ1v) is 9.72. The minimum absolute atomic E-state index is 0.0488. The van der Waals surface area contributed by atoms with E-state index in [0.717, 1.165) is 43.2 Å². The zero-order valence-corrected chi connectivity index (χ0v) is 16.3. The molecule has 6 nitrogen and oxygen atoms in total. The number of likely N-dealkylation sites (tertiary alicyclic amines) is 1. The van der Waals surface area contributed by atoms with Crippen molar-refractivity contribution in [1.82, 2.24) is 15.5 Å². The number of carbonyl (C=O) groups excluding carboxylic acids is 1. The van der Waals surface area contributed by atoms with E-state index in [-0.39, 0.29) is 18.6 Å². The number of guanidine groups is 1. The van der Waals surface area contributed by atoms with Crippen molar-refractivity contribution in [3.05, 3.63) is 66.2 Å². The summed E-state index contributed by atoms with van der Waals surface area (Å²) in [6, 6.07) is 19.8. The Balaban J connectivity index is 1.39. The molecular formula is C22H28N4O2. The third-order valence-electron chi connectivity index (χ3n) is 4.74. The molecule has 2 aromatic carbocycles. The van der Waals surface area contributed by atoms with Gasteiger partial charge in [0, 0.05) is 39.5 Å². The van der Waals surface area contributed by atoms with Gasteiger partial charge >= 0.3 is 0 Å². The molecule has 2 aromatic rings. The van der Waals surface area contributed by atoms with Gasteiger partial charge < -0.3 is 20.3 Å². The van der Waals surface area contributed by atoms with E-state index >= 15 is 0 Å². The van der Waals surface area contributed by atoms with Crippen molar-refractivity contribution in [2.75, 3.05) is 26.7 Å². The lowest BCUT2D eigenvalue weighted by Crippen LogP contribution is -2.49. The number of para-hydroxylation sites is 1. The van der Waals surface area contributed by atoms with Crippen LogP contribution in [0.4, 0.5) is 0 Å². The van der Waals surface area contributed by atoms with E-state index in [2.05, 4.69) is 20.5 Å². The molecule has 0 bridgehead atoms. The molecular weight excluding hydrogens is 352 g/mol. The van der Waals surface area contributed by atoms with Crippen molar-refractivity contribution in [1.29, 1.82) is 0 Å². The summed E-state index contributed by atoms with van der Waals surface area (Å²) >= 11 is 0. The molecule has 0 radical (unpaired) electrons. The molecule has 1 fully saturated rings. The molecule has 3 rings (SSSR count). The number of ether oxygens (including phenoxy) is 1. The number of benzene rings is 2. The Labute approximate surface area is 166 Å². The van der Waals surface area contributed by atoms with Crippen molar-refractivity contribution < 1.29 is 9.53 Å². The SMILES string of the molecule is CN=C(NCC(=O)NCc1ccccc1)N1CCC(Oc2ccccc2)CC1. The molecule has 1 aliphatic heterocycles. The van der Waals surface area contributed by atoms with Crippen LogP contribution >= 0.6 is 0 Å². The Morgan fingerprint density at radius 3 is 2.32 bits per heavy atom. The topological polar surface area (TPSA) is 66.0 Å². The number of carbonyl (C=O) groups is 1. The zero-order chi connectivity index (χ0) is 19.6. The maximum Gasteiger partial charge on any atom is 0.239 e. The molecule has 1 saturated heterocycles. The predicted octanol–water partition coefficient (Wildman–Crippen LogP) is 2.42. The van der Waals surface area contributed by atoms with Crippen LogP contribution in [0.25, 0.3) is 0 Å². The molecule has 0 unspecified atom stereocenters. The summed E-state index contributed by atoms with van der Waals surface area (Å²) in [4.78, 5) is 18.6. The van der Waals surface area contributed by atoms with Crippen LogP contribution in [-0.2, 0) is 11.3 Å². The summed E-state index contributed by atoms with van der Waals surface area (Å²) in [6.07, 6.45) is 2.07. The fourth-order valence-electron chi connectivity index (χ4n) is 3.23. The summed E-state index contributed by atoms with van der Waals surface area (Å²) in [5, 5.41) is 6.08. The number of hydrogen-bond donors (Lipinski definition) is 2. The zero-order valence-electron chi connectivity index (χ0n) is 16.3. The highest BCUT2D eigenvalue weighted by molar-refractivity contribution is 5.86. The molecule has 1 aliphatic rings. The molecule has 28 heavy (non-hydrogen) atoms. The molecule has 148 valence electrons. The van der Waals surface area contributed by atoms with Gasteiger partial charge in [-0.2, -0.15) is 0 Å². The maximum atomic E-state index is 12.1. The summed E-state index contributed by atoms with van der Waals surface area (Å²) in [5.41, 5.74) is 1.08. The molecule has 1 amide bonds. The Bertz CT molecular complexity index is 757. The molecule has 6 heteroatoms. The van der Waals surface area contributed by atoms with Crippen LogP contribution in [0.5, 0.6) is 5.75 Å². The van der Waals surface area contributed by atoms with Gasteiger partial charge in [-0.1, -0.05) is 48.5 Å². The summed E-state index contributed by atoms with van der Waals surface area (Å²) in [5.74, 6) is 1.62. The molecule has 0 aliphatic carbocycles. The second-order valence-corrected chi connectivity index (χ2v) is 6.78. The fraction of sp³-hybridized carbons (Fsp3) is 0.364. The first-order chi connectivity index (χ1) is 13.7. The first-order valence-electron chi connectivity index (χ1n) is 9.72. The predicted molar refractivity (Wildman–Crippen MR) is 111 cm³/mol. The highest BCUT2D eigenvalue weighted by Gasteiger charge is 2.22. The van der Waals surface area contributed by atoms with Crippen molar-refractivity contribution >= 4 is 11.9 Å². The second kappa shape index (κ2) is 10.3. The Kier molecular flexibility index (Phi) is 7.29. The third kappa shape index (κ3) is 6.01. The van der Waals surface area contributed by atoms with E-state index in [1.165, 1.54) is 0 Å².